The SMILES string of the molecule is CCOC(=O)c1c(C)nc(NNC(=O)c2cccc3c(=O)c4ccccc4[nH]c23)nc1-c1ccccc1F. The van der Waals surface area contributed by atoms with Crippen LogP contribution in [0.3, 0.4) is 0 Å². The van der Waals surface area contributed by atoms with Crippen LogP contribution >= 0.6 is 0 Å². The third-order valence-corrected chi connectivity index (χ3v) is 5.97. The first-order valence-corrected chi connectivity index (χ1v) is 11.8. The van der Waals surface area contributed by atoms with E-state index in [2.05, 4.69) is 25.8 Å². The molecule has 38 heavy (non-hydrogen) atoms. The second-order valence-corrected chi connectivity index (χ2v) is 8.36. The van der Waals surface area contributed by atoms with Gasteiger partial charge in [0, 0.05) is 21.9 Å². The molecule has 0 aliphatic carbocycles. The Morgan fingerprint density at radius 3 is 2.50 bits per heavy atom. The highest BCUT2D eigenvalue weighted by atomic mass is 19.1. The number of esters is 1. The molecule has 0 aliphatic heterocycles. The lowest BCUT2D eigenvalue weighted by atomic mass is 10.0. The van der Waals surface area contributed by atoms with Gasteiger partial charge in [-0.1, -0.05) is 30.3 Å². The van der Waals surface area contributed by atoms with Gasteiger partial charge in [-0.2, -0.15) is 0 Å². The molecule has 0 saturated carbocycles. The van der Waals surface area contributed by atoms with Crippen molar-refractivity contribution in [1.82, 2.24) is 20.4 Å². The molecule has 5 aromatic rings. The van der Waals surface area contributed by atoms with Crippen LogP contribution < -0.4 is 16.3 Å². The van der Waals surface area contributed by atoms with Gasteiger partial charge >= 0.3 is 5.97 Å². The first-order valence-electron chi connectivity index (χ1n) is 11.8. The predicted molar refractivity (Wildman–Crippen MR) is 141 cm³/mol. The van der Waals surface area contributed by atoms with Crippen molar-refractivity contribution in [2.75, 3.05) is 12.0 Å². The highest BCUT2D eigenvalue weighted by molar-refractivity contribution is 6.08. The minimum absolute atomic E-state index is 0.0201. The fourth-order valence-electron chi connectivity index (χ4n) is 4.24. The third-order valence-electron chi connectivity index (χ3n) is 5.97. The molecule has 0 atom stereocenters. The maximum absolute atomic E-state index is 14.7. The Bertz CT molecular complexity index is 1780. The number of H-pyrrole nitrogens is 1. The van der Waals surface area contributed by atoms with Crippen molar-refractivity contribution < 1.29 is 18.7 Å². The zero-order valence-electron chi connectivity index (χ0n) is 20.5. The van der Waals surface area contributed by atoms with E-state index in [1.165, 1.54) is 18.2 Å². The minimum Gasteiger partial charge on any atom is -0.462 e. The van der Waals surface area contributed by atoms with E-state index >= 15 is 0 Å². The van der Waals surface area contributed by atoms with E-state index in [1.807, 2.05) is 0 Å². The zero-order valence-corrected chi connectivity index (χ0v) is 20.5. The van der Waals surface area contributed by atoms with Crippen molar-refractivity contribution >= 4 is 39.6 Å². The molecule has 0 unspecified atom stereocenters. The van der Waals surface area contributed by atoms with Crippen LogP contribution in [-0.2, 0) is 4.74 Å². The van der Waals surface area contributed by atoms with Gasteiger partial charge < -0.3 is 9.72 Å². The maximum Gasteiger partial charge on any atom is 0.342 e. The lowest BCUT2D eigenvalue weighted by Gasteiger charge is -2.15. The second kappa shape index (κ2) is 10.1. The van der Waals surface area contributed by atoms with E-state index in [9.17, 15) is 18.8 Å². The number of para-hydroxylation sites is 2. The van der Waals surface area contributed by atoms with Gasteiger partial charge in [-0.25, -0.2) is 19.2 Å². The van der Waals surface area contributed by atoms with E-state index in [-0.39, 0.29) is 46.1 Å². The largest absolute Gasteiger partial charge is 0.462 e. The van der Waals surface area contributed by atoms with Crippen molar-refractivity contribution in [3.8, 4) is 11.3 Å². The molecule has 9 nitrogen and oxygen atoms in total. The van der Waals surface area contributed by atoms with Gasteiger partial charge in [0.1, 0.15) is 11.4 Å². The van der Waals surface area contributed by atoms with Crippen LogP contribution in [0.4, 0.5) is 10.3 Å². The lowest BCUT2D eigenvalue weighted by Crippen LogP contribution is -2.31. The number of aryl methyl sites for hydroxylation is 1. The number of carbonyl (C=O) groups is 2. The van der Waals surface area contributed by atoms with Crippen LogP contribution in [0.15, 0.2) is 71.5 Å². The number of hydrazine groups is 1. The van der Waals surface area contributed by atoms with Crippen molar-refractivity contribution in [2.24, 2.45) is 0 Å². The Kier molecular flexibility index (Phi) is 6.53. The quantitative estimate of drug-likeness (QED) is 0.174. The summed E-state index contributed by atoms with van der Waals surface area (Å²) in [5.74, 6) is -1.91. The number of carbonyl (C=O) groups excluding carboxylic acids is 2. The van der Waals surface area contributed by atoms with E-state index in [0.29, 0.717) is 21.8 Å². The van der Waals surface area contributed by atoms with Gasteiger partial charge in [-0.3, -0.25) is 20.4 Å². The fraction of sp³-hybridized carbons (Fsp3) is 0.107. The molecule has 1 amide bonds. The Morgan fingerprint density at radius 1 is 0.974 bits per heavy atom. The summed E-state index contributed by atoms with van der Waals surface area (Å²) >= 11 is 0. The van der Waals surface area contributed by atoms with Crippen LogP contribution in [0.25, 0.3) is 33.1 Å². The van der Waals surface area contributed by atoms with Gasteiger partial charge in [-0.15, -0.1) is 0 Å². The molecule has 0 saturated heterocycles. The molecule has 10 heteroatoms. The topological polar surface area (TPSA) is 126 Å². The second-order valence-electron chi connectivity index (χ2n) is 8.36. The number of benzene rings is 3. The van der Waals surface area contributed by atoms with Crippen molar-refractivity contribution in [3.05, 3.63) is 99.6 Å². The molecule has 0 radical (unpaired) electrons. The average molecular weight is 512 g/mol. The number of anilines is 1. The number of hydrogen-bond acceptors (Lipinski definition) is 7. The monoisotopic (exact) mass is 511 g/mol. The van der Waals surface area contributed by atoms with Crippen molar-refractivity contribution in [2.45, 2.75) is 13.8 Å². The number of rotatable bonds is 6. The number of amides is 1. The lowest BCUT2D eigenvalue weighted by molar-refractivity contribution is 0.0525. The van der Waals surface area contributed by atoms with E-state index < -0.39 is 17.7 Å². The van der Waals surface area contributed by atoms with Gasteiger partial charge in [0.05, 0.1) is 29.1 Å². The number of hydrogen-bond donors (Lipinski definition) is 3. The normalized spacial score (nSPS) is 10.9. The summed E-state index contributed by atoms with van der Waals surface area (Å²) in [6.07, 6.45) is 0. The summed E-state index contributed by atoms with van der Waals surface area (Å²) in [6.45, 7) is 3.34. The smallest absolute Gasteiger partial charge is 0.342 e. The standard InChI is InChI=1S/C28H22FN5O4/c1-3-38-27(37)22-15(2)30-28(32-24(22)16-9-4-6-13-20(16)29)34-33-26(36)19-12-8-11-18-23(19)31-21-14-7-5-10-17(21)25(18)35/h4-14H,3H2,1-2H3,(H,31,35)(H,33,36)(H,30,32,34). The maximum atomic E-state index is 14.7. The molecule has 5 rings (SSSR count). The first kappa shape index (κ1) is 24.6. The van der Waals surface area contributed by atoms with Crippen LogP contribution in [-0.4, -0.2) is 33.4 Å². The number of nitrogens with one attached hydrogen (secondary N) is 3. The summed E-state index contributed by atoms with van der Waals surface area (Å²) < 4.78 is 19.8. The Labute approximate surface area is 215 Å². The molecule has 0 fully saturated rings. The molecule has 2 heterocycles. The van der Waals surface area contributed by atoms with Crippen molar-refractivity contribution in [3.63, 3.8) is 0 Å². The predicted octanol–water partition coefficient (Wildman–Crippen LogP) is 4.52. The van der Waals surface area contributed by atoms with Crippen molar-refractivity contribution in [1.29, 1.82) is 0 Å². The Hall–Kier alpha value is -5.12. The zero-order chi connectivity index (χ0) is 26.8. The molecule has 0 bridgehead atoms. The minimum atomic E-state index is -0.689. The third kappa shape index (κ3) is 4.43. The Balaban J connectivity index is 1.51. The number of fused-ring (bicyclic) bond motifs is 2. The number of nitrogens with zero attached hydrogens (tertiary/aromatic N) is 2. The van der Waals surface area contributed by atoms with Gasteiger partial charge in [-0.05, 0) is 50.2 Å². The van der Waals surface area contributed by atoms with E-state index in [1.54, 1.807) is 62.4 Å². The van der Waals surface area contributed by atoms with Gasteiger partial charge in [0.2, 0.25) is 5.95 Å². The van der Waals surface area contributed by atoms with Crippen LogP contribution in [0, 0.1) is 12.7 Å². The molecule has 2 aromatic heterocycles. The van der Waals surface area contributed by atoms with E-state index in [0.717, 1.165) is 0 Å². The summed E-state index contributed by atoms with van der Waals surface area (Å²) in [4.78, 5) is 50.5. The first-order chi connectivity index (χ1) is 18.4. The van der Waals surface area contributed by atoms with Gasteiger partial charge in [0.25, 0.3) is 5.91 Å². The molecular formula is C28H22FN5O4. The van der Waals surface area contributed by atoms with E-state index in [4.69, 9.17) is 4.74 Å². The summed E-state index contributed by atoms with van der Waals surface area (Å²) in [5, 5.41) is 0.881. The molecular weight excluding hydrogens is 489 g/mol. The van der Waals surface area contributed by atoms with Crippen LogP contribution in [0.2, 0.25) is 0 Å². The number of halogens is 1. The van der Waals surface area contributed by atoms with Crippen LogP contribution in [0.1, 0.15) is 33.3 Å². The van der Waals surface area contributed by atoms with Crippen LogP contribution in [0.5, 0.6) is 0 Å². The highest BCUT2D eigenvalue weighted by Gasteiger charge is 2.23. The molecule has 0 aliphatic rings. The average Bonchev–Trinajstić information content (AvgIpc) is 2.91. The fourth-order valence-corrected chi connectivity index (χ4v) is 4.24. The summed E-state index contributed by atoms with van der Waals surface area (Å²) in [7, 11) is 0. The molecule has 3 aromatic carbocycles. The number of aromatic amines is 1. The summed E-state index contributed by atoms with van der Waals surface area (Å²) in [6, 6.07) is 17.8. The Morgan fingerprint density at radius 2 is 1.71 bits per heavy atom. The number of ether oxygens (including phenoxy) is 1. The molecule has 3 N–H and O–H groups in total. The highest BCUT2D eigenvalue weighted by Crippen LogP contribution is 2.28. The summed E-state index contributed by atoms with van der Waals surface area (Å²) in [5.41, 5.74) is 6.50. The van der Waals surface area contributed by atoms with Gasteiger partial charge in [0.15, 0.2) is 5.43 Å². The number of aromatic nitrogens is 3. The number of pyridine rings is 1. The molecule has 0 spiro atoms. The molecule has 190 valence electrons.